The van der Waals surface area contributed by atoms with Gasteiger partial charge in [0.25, 0.3) is 0 Å². The van der Waals surface area contributed by atoms with Gasteiger partial charge in [0.05, 0.1) is 5.56 Å². The van der Waals surface area contributed by atoms with Crippen LogP contribution in [0.1, 0.15) is 64.4 Å². The highest BCUT2D eigenvalue weighted by Gasteiger charge is 2.18. The standard InChI is InChI=1S/C13H17NO2.C12H10O.C2H6/c1-14-8-6-11(7-9-14)10-2-4-12(5-3-10)13(15)16;1-9-4-2-7-12-10(8-13)5-3-6-11(9)12;1-2/h2-5,11H,6-9H2,1H3,(H,15,16);2-8H,1H3;1-2H3. The molecule has 1 N–H and O–H groups in total. The molecule has 0 unspecified atom stereocenters. The first-order chi connectivity index (χ1) is 15.0. The first-order valence-corrected chi connectivity index (χ1v) is 10.9. The van der Waals surface area contributed by atoms with E-state index in [1.165, 1.54) is 24.0 Å². The molecule has 164 valence electrons. The number of hydrogen-bond acceptors (Lipinski definition) is 3. The molecule has 0 spiro atoms. The number of benzene rings is 3. The van der Waals surface area contributed by atoms with E-state index < -0.39 is 5.97 Å². The largest absolute Gasteiger partial charge is 0.478 e. The van der Waals surface area contributed by atoms with Gasteiger partial charge in [-0.3, -0.25) is 4.79 Å². The van der Waals surface area contributed by atoms with Crippen molar-refractivity contribution in [3.05, 3.63) is 82.9 Å². The third kappa shape index (κ3) is 6.50. The van der Waals surface area contributed by atoms with Gasteiger partial charge >= 0.3 is 5.97 Å². The Balaban J connectivity index is 0.000000208. The summed E-state index contributed by atoms with van der Waals surface area (Å²) in [6.45, 7) is 8.31. The zero-order valence-electron chi connectivity index (χ0n) is 19.0. The lowest BCUT2D eigenvalue weighted by molar-refractivity contribution is 0.0696. The van der Waals surface area contributed by atoms with Crippen molar-refractivity contribution in [2.75, 3.05) is 20.1 Å². The third-order valence-corrected chi connectivity index (χ3v) is 5.65. The number of fused-ring (bicyclic) bond motifs is 1. The van der Waals surface area contributed by atoms with Gasteiger partial charge < -0.3 is 10.0 Å². The van der Waals surface area contributed by atoms with E-state index in [1.54, 1.807) is 12.1 Å². The number of nitrogens with zero attached hydrogens (tertiary/aromatic N) is 1. The second-order valence-corrected chi connectivity index (χ2v) is 7.64. The predicted molar refractivity (Wildman–Crippen MR) is 128 cm³/mol. The molecule has 0 atom stereocenters. The van der Waals surface area contributed by atoms with Crippen LogP contribution in [0.25, 0.3) is 10.8 Å². The van der Waals surface area contributed by atoms with Crippen molar-refractivity contribution in [2.45, 2.75) is 39.5 Å². The smallest absolute Gasteiger partial charge is 0.335 e. The summed E-state index contributed by atoms with van der Waals surface area (Å²) in [6, 6.07) is 19.1. The fourth-order valence-electron chi connectivity index (χ4n) is 3.83. The van der Waals surface area contributed by atoms with Crippen LogP contribution in [-0.4, -0.2) is 42.4 Å². The lowest BCUT2D eigenvalue weighted by Gasteiger charge is -2.29. The Labute approximate surface area is 185 Å². The monoisotopic (exact) mass is 419 g/mol. The SMILES string of the molecule is CC.CN1CCC(c2ccc(C(=O)O)cc2)CC1.Cc1cccc2c(C=O)cccc12. The van der Waals surface area contributed by atoms with Gasteiger partial charge in [-0.1, -0.05) is 62.4 Å². The van der Waals surface area contributed by atoms with Crippen LogP contribution < -0.4 is 0 Å². The molecule has 4 nitrogen and oxygen atoms in total. The summed E-state index contributed by atoms with van der Waals surface area (Å²) >= 11 is 0. The summed E-state index contributed by atoms with van der Waals surface area (Å²) < 4.78 is 0. The molecular weight excluding hydrogens is 386 g/mol. The maximum Gasteiger partial charge on any atom is 0.335 e. The number of piperidine rings is 1. The first kappa shape index (κ1) is 24.3. The molecule has 1 aliphatic heterocycles. The Bertz CT molecular complexity index is 987. The number of aldehydes is 1. The molecular formula is C27H33NO3. The van der Waals surface area contributed by atoms with E-state index in [2.05, 4.69) is 24.9 Å². The Morgan fingerprint density at radius 2 is 1.52 bits per heavy atom. The quantitative estimate of drug-likeness (QED) is 0.515. The number of carboxylic acid groups (broad SMARTS) is 1. The van der Waals surface area contributed by atoms with E-state index in [1.807, 2.05) is 56.3 Å². The van der Waals surface area contributed by atoms with Crippen LogP contribution in [0.2, 0.25) is 0 Å². The van der Waals surface area contributed by atoms with Gasteiger partial charge in [0, 0.05) is 5.56 Å². The number of carbonyl (C=O) groups excluding carboxylic acids is 1. The Hall–Kier alpha value is -2.98. The van der Waals surface area contributed by atoms with Gasteiger partial charge in [0.2, 0.25) is 0 Å². The molecule has 0 aliphatic carbocycles. The highest BCUT2D eigenvalue weighted by atomic mass is 16.4. The molecule has 3 aromatic carbocycles. The minimum Gasteiger partial charge on any atom is -0.478 e. The van der Waals surface area contributed by atoms with Crippen LogP contribution in [0.4, 0.5) is 0 Å². The van der Waals surface area contributed by atoms with E-state index >= 15 is 0 Å². The van der Waals surface area contributed by atoms with Crippen LogP contribution in [0.15, 0.2) is 60.7 Å². The average molecular weight is 420 g/mol. The summed E-state index contributed by atoms with van der Waals surface area (Å²) in [5, 5.41) is 11.0. The average Bonchev–Trinajstić information content (AvgIpc) is 2.81. The van der Waals surface area contributed by atoms with Crippen LogP contribution in [-0.2, 0) is 0 Å². The minimum absolute atomic E-state index is 0.372. The van der Waals surface area contributed by atoms with Gasteiger partial charge in [-0.05, 0) is 79.9 Å². The topological polar surface area (TPSA) is 57.6 Å². The number of rotatable bonds is 3. The summed E-state index contributed by atoms with van der Waals surface area (Å²) in [6.07, 6.45) is 3.24. The number of carboxylic acids is 1. The maximum absolute atomic E-state index is 10.7. The number of aryl methyl sites for hydroxylation is 1. The van der Waals surface area contributed by atoms with Crippen molar-refractivity contribution in [1.82, 2.24) is 4.90 Å². The van der Waals surface area contributed by atoms with Gasteiger partial charge in [0.15, 0.2) is 6.29 Å². The summed E-state index contributed by atoms with van der Waals surface area (Å²) in [7, 11) is 2.14. The molecule has 0 aromatic heterocycles. The van der Waals surface area contributed by atoms with Crippen molar-refractivity contribution >= 4 is 23.0 Å². The molecule has 4 rings (SSSR count). The number of aromatic carboxylic acids is 1. The minimum atomic E-state index is -0.852. The second-order valence-electron chi connectivity index (χ2n) is 7.64. The van der Waals surface area contributed by atoms with Gasteiger partial charge in [-0.25, -0.2) is 4.79 Å². The van der Waals surface area contributed by atoms with E-state index in [0.717, 1.165) is 35.7 Å². The fraction of sp³-hybridized carbons (Fsp3) is 0.333. The third-order valence-electron chi connectivity index (χ3n) is 5.65. The molecule has 31 heavy (non-hydrogen) atoms. The Kier molecular flexibility index (Phi) is 9.41. The highest BCUT2D eigenvalue weighted by Crippen LogP contribution is 2.27. The van der Waals surface area contributed by atoms with Crippen molar-refractivity contribution in [2.24, 2.45) is 0 Å². The van der Waals surface area contributed by atoms with E-state index in [9.17, 15) is 9.59 Å². The first-order valence-electron chi connectivity index (χ1n) is 10.9. The molecule has 0 radical (unpaired) electrons. The normalized spacial score (nSPS) is 14.1. The van der Waals surface area contributed by atoms with Gasteiger partial charge in [-0.15, -0.1) is 0 Å². The molecule has 4 heteroatoms. The Morgan fingerprint density at radius 3 is 2.10 bits per heavy atom. The number of likely N-dealkylation sites (tertiary alicyclic amines) is 1. The molecule has 3 aromatic rings. The van der Waals surface area contributed by atoms with Crippen LogP contribution in [0.5, 0.6) is 0 Å². The van der Waals surface area contributed by atoms with E-state index in [0.29, 0.717) is 11.5 Å². The Morgan fingerprint density at radius 1 is 0.935 bits per heavy atom. The lowest BCUT2D eigenvalue weighted by atomic mass is 9.89. The zero-order chi connectivity index (χ0) is 22.8. The molecule has 1 heterocycles. The lowest BCUT2D eigenvalue weighted by Crippen LogP contribution is -2.29. The summed E-state index contributed by atoms with van der Waals surface area (Å²) in [4.78, 5) is 23.8. The van der Waals surface area contributed by atoms with E-state index in [4.69, 9.17) is 5.11 Å². The van der Waals surface area contributed by atoms with Gasteiger partial charge in [0.1, 0.15) is 0 Å². The van der Waals surface area contributed by atoms with Crippen LogP contribution in [0.3, 0.4) is 0 Å². The van der Waals surface area contributed by atoms with Gasteiger partial charge in [-0.2, -0.15) is 0 Å². The number of hydrogen-bond donors (Lipinski definition) is 1. The van der Waals surface area contributed by atoms with Crippen LogP contribution in [0, 0.1) is 6.92 Å². The zero-order valence-corrected chi connectivity index (χ0v) is 19.0. The van der Waals surface area contributed by atoms with Crippen molar-refractivity contribution < 1.29 is 14.7 Å². The molecule has 1 saturated heterocycles. The molecule has 1 aliphatic rings. The summed E-state index contributed by atoms with van der Waals surface area (Å²) in [5.74, 6) is -0.256. The highest BCUT2D eigenvalue weighted by molar-refractivity contribution is 5.99. The van der Waals surface area contributed by atoms with Crippen LogP contribution >= 0.6 is 0 Å². The van der Waals surface area contributed by atoms with E-state index in [-0.39, 0.29) is 0 Å². The molecule has 0 bridgehead atoms. The predicted octanol–water partition coefficient (Wildman–Crippen LogP) is 6.18. The van der Waals surface area contributed by atoms with Crippen molar-refractivity contribution in [3.8, 4) is 0 Å². The molecule has 1 fully saturated rings. The van der Waals surface area contributed by atoms with Crippen molar-refractivity contribution in [1.29, 1.82) is 0 Å². The molecule has 0 saturated carbocycles. The fourth-order valence-corrected chi connectivity index (χ4v) is 3.83. The summed E-state index contributed by atoms with van der Waals surface area (Å²) in [5.41, 5.74) is 3.62. The van der Waals surface area contributed by atoms with Crippen molar-refractivity contribution in [3.63, 3.8) is 0 Å². The molecule has 0 amide bonds. The maximum atomic E-state index is 10.7. The second kappa shape index (κ2) is 12.0. The number of carbonyl (C=O) groups is 2.